The van der Waals surface area contributed by atoms with Crippen molar-refractivity contribution in [3.63, 3.8) is 0 Å². The molecule has 2 aromatic rings. The maximum absolute atomic E-state index is 5.13. The summed E-state index contributed by atoms with van der Waals surface area (Å²) in [5.41, 5.74) is 0.927. The fourth-order valence-electron chi connectivity index (χ4n) is 1.32. The SMILES string of the molecule is COc1ccc2cnnc(C)c2c1. The van der Waals surface area contributed by atoms with Gasteiger partial charge in [-0.2, -0.15) is 10.2 Å². The van der Waals surface area contributed by atoms with Gasteiger partial charge in [-0.05, 0) is 25.1 Å². The Bertz CT molecular complexity index is 440. The normalized spacial score (nSPS) is 10.3. The standard InChI is InChI=1S/C10H10N2O/c1-7-10-5-9(13-2)4-3-8(10)6-11-12-7/h3-6H,1-2H3. The predicted octanol–water partition coefficient (Wildman–Crippen LogP) is 1.95. The summed E-state index contributed by atoms with van der Waals surface area (Å²) in [4.78, 5) is 0. The molecule has 0 unspecified atom stereocenters. The van der Waals surface area contributed by atoms with Crippen LogP contribution in [0.5, 0.6) is 5.75 Å². The number of fused-ring (bicyclic) bond motifs is 1. The number of aryl methyl sites for hydroxylation is 1. The van der Waals surface area contributed by atoms with Crippen LogP contribution in [0.2, 0.25) is 0 Å². The van der Waals surface area contributed by atoms with E-state index in [1.807, 2.05) is 25.1 Å². The molecule has 66 valence electrons. The smallest absolute Gasteiger partial charge is 0.119 e. The minimum Gasteiger partial charge on any atom is -0.497 e. The highest BCUT2D eigenvalue weighted by Crippen LogP contribution is 2.21. The van der Waals surface area contributed by atoms with E-state index in [-0.39, 0.29) is 0 Å². The third-order valence-corrected chi connectivity index (χ3v) is 2.05. The maximum atomic E-state index is 5.13. The molecule has 0 N–H and O–H groups in total. The molecule has 1 aromatic heterocycles. The Morgan fingerprint density at radius 1 is 1.31 bits per heavy atom. The van der Waals surface area contributed by atoms with Crippen molar-refractivity contribution in [1.82, 2.24) is 10.2 Å². The molecular weight excluding hydrogens is 164 g/mol. The van der Waals surface area contributed by atoms with E-state index in [0.29, 0.717) is 0 Å². The fourth-order valence-corrected chi connectivity index (χ4v) is 1.32. The molecule has 13 heavy (non-hydrogen) atoms. The van der Waals surface area contributed by atoms with E-state index in [2.05, 4.69) is 10.2 Å². The van der Waals surface area contributed by atoms with Crippen molar-refractivity contribution in [2.75, 3.05) is 7.11 Å². The van der Waals surface area contributed by atoms with E-state index in [9.17, 15) is 0 Å². The average molecular weight is 174 g/mol. The third-order valence-electron chi connectivity index (χ3n) is 2.05. The van der Waals surface area contributed by atoms with Crippen LogP contribution in [0.25, 0.3) is 10.8 Å². The van der Waals surface area contributed by atoms with E-state index in [0.717, 1.165) is 22.2 Å². The van der Waals surface area contributed by atoms with Gasteiger partial charge in [0, 0.05) is 10.8 Å². The van der Waals surface area contributed by atoms with Gasteiger partial charge in [0.15, 0.2) is 0 Å². The number of rotatable bonds is 1. The van der Waals surface area contributed by atoms with Crippen LogP contribution in [-0.4, -0.2) is 17.3 Å². The highest BCUT2D eigenvalue weighted by atomic mass is 16.5. The Hall–Kier alpha value is -1.64. The number of aromatic nitrogens is 2. The van der Waals surface area contributed by atoms with E-state index < -0.39 is 0 Å². The first-order valence-corrected chi connectivity index (χ1v) is 4.07. The van der Waals surface area contributed by atoms with E-state index in [4.69, 9.17) is 4.74 Å². The molecule has 0 aliphatic carbocycles. The van der Waals surface area contributed by atoms with E-state index in [1.165, 1.54) is 0 Å². The number of hydrogen-bond donors (Lipinski definition) is 0. The van der Waals surface area contributed by atoms with Crippen molar-refractivity contribution in [2.24, 2.45) is 0 Å². The molecule has 0 saturated heterocycles. The summed E-state index contributed by atoms with van der Waals surface area (Å²) in [6, 6.07) is 5.87. The van der Waals surface area contributed by atoms with Crippen LogP contribution in [0.1, 0.15) is 5.69 Å². The summed E-state index contributed by atoms with van der Waals surface area (Å²) >= 11 is 0. The predicted molar refractivity (Wildman–Crippen MR) is 50.8 cm³/mol. The number of methoxy groups -OCH3 is 1. The first-order chi connectivity index (χ1) is 6.31. The molecule has 0 saturated carbocycles. The molecule has 1 heterocycles. The lowest BCUT2D eigenvalue weighted by Gasteiger charge is -2.02. The lowest BCUT2D eigenvalue weighted by Crippen LogP contribution is -1.89. The molecule has 0 aliphatic rings. The van der Waals surface area contributed by atoms with E-state index in [1.54, 1.807) is 13.3 Å². The Morgan fingerprint density at radius 3 is 2.92 bits per heavy atom. The lowest BCUT2D eigenvalue weighted by atomic mass is 10.1. The summed E-state index contributed by atoms with van der Waals surface area (Å²) < 4.78 is 5.13. The summed E-state index contributed by atoms with van der Waals surface area (Å²) in [7, 11) is 1.66. The Labute approximate surface area is 76.4 Å². The monoisotopic (exact) mass is 174 g/mol. The van der Waals surface area contributed by atoms with Crippen molar-refractivity contribution < 1.29 is 4.74 Å². The van der Waals surface area contributed by atoms with Crippen LogP contribution in [0.4, 0.5) is 0 Å². The molecule has 0 aliphatic heterocycles. The van der Waals surface area contributed by atoms with Crippen LogP contribution in [0.3, 0.4) is 0 Å². The molecule has 0 fully saturated rings. The Kier molecular flexibility index (Phi) is 1.85. The van der Waals surface area contributed by atoms with Crippen LogP contribution < -0.4 is 4.74 Å². The first kappa shape index (κ1) is 7.98. The van der Waals surface area contributed by atoms with Gasteiger partial charge in [0.05, 0.1) is 19.0 Å². The average Bonchev–Trinajstić information content (AvgIpc) is 2.18. The van der Waals surface area contributed by atoms with Gasteiger partial charge < -0.3 is 4.74 Å². The summed E-state index contributed by atoms with van der Waals surface area (Å²) in [6.07, 6.45) is 1.75. The highest BCUT2D eigenvalue weighted by Gasteiger charge is 1.99. The molecule has 0 spiro atoms. The van der Waals surface area contributed by atoms with Gasteiger partial charge in [-0.1, -0.05) is 0 Å². The molecule has 2 rings (SSSR count). The van der Waals surface area contributed by atoms with Crippen molar-refractivity contribution in [3.8, 4) is 5.75 Å². The third kappa shape index (κ3) is 1.33. The number of benzene rings is 1. The zero-order chi connectivity index (χ0) is 9.26. The topological polar surface area (TPSA) is 35.0 Å². The van der Waals surface area contributed by atoms with E-state index >= 15 is 0 Å². The zero-order valence-corrected chi connectivity index (χ0v) is 7.61. The number of hydrogen-bond acceptors (Lipinski definition) is 3. The first-order valence-electron chi connectivity index (χ1n) is 4.07. The second kappa shape index (κ2) is 3.01. The molecule has 3 heteroatoms. The molecule has 3 nitrogen and oxygen atoms in total. The minimum atomic E-state index is 0.851. The molecule has 0 amide bonds. The van der Waals surface area contributed by atoms with Crippen LogP contribution in [0, 0.1) is 6.92 Å². The van der Waals surface area contributed by atoms with Gasteiger partial charge in [0.1, 0.15) is 5.75 Å². The second-order valence-corrected chi connectivity index (χ2v) is 2.88. The summed E-state index contributed by atoms with van der Waals surface area (Å²) in [5, 5.41) is 10.0. The quantitative estimate of drug-likeness (QED) is 0.662. The van der Waals surface area contributed by atoms with Crippen LogP contribution >= 0.6 is 0 Å². The number of nitrogens with zero attached hydrogens (tertiary/aromatic N) is 2. The van der Waals surface area contributed by atoms with Crippen molar-refractivity contribution in [1.29, 1.82) is 0 Å². The molecule has 1 aromatic carbocycles. The van der Waals surface area contributed by atoms with Gasteiger partial charge in [-0.3, -0.25) is 0 Å². The van der Waals surface area contributed by atoms with Gasteiger partial charge in [-0.15, -0.1) is 0 Å². The second-order valence-electron chi connectivity index (χ2n) is 2.88. The van der Waals surface area contributed by atoms with Gasteiger partial charge >= 0.3 is 0 Å². The van der Waals surface area contributed by atoms with Gasteiger partial charge in [-0.25, -0.2) is 0 Å². The Balaban J connectivity index is 2.74. The summed E-state index contributed by atoms with van der Waals surface area (Å²) in [5.74, 6) is 0.851. The van der Waals surface area contributed by atoms with Crippen molar-refractivity contribution >= 4 is 10.8 Å². The molecule has 0 atom stereocenters. The maximum Gasteiger partial charge on any atom is 0.119 e. The van der Waals surface area contributed by atoms with Crippen molar-refractivity contribution in [2.45, 2.75) is 6.92 Å². The van der Waals surface area contributed by atoms with Gasteiger partial charge in [0.25, 0.3) is 0 Å². The summed E-state index contributed by atoms with van der Waals surface area (Å²) in [6.45, 7) is 1.94. The fraction of sp³-hybridized carbons (Fsp3) is 0.200. The van der Waals surface area contributed by atoms with Crippen molar-refractivity contribution in [3.05, 3.63) is 30.1 Å². The van der Waals surface area contributed by atoms with Crippen LogP contribution in [-0.2, 0) is 0 Å². The molecule has 0 bridgehead atoms. The largest absolute Gasteiger partial charge is 0.497 e. The highest BCUT2D eigenvalue weighted by molar-refractivity contribution is 5.84. The Morgan fingerprint density at radius 2 is 2.15 bits per heavy atom. The van der Waals surface area contributed by atoms with Gasteiger partial charge in [0.2, 0.25) is 0 Å². The molecule has 0 radical (unpaired) electrons. The lowest BCUT2D eigenvalue weighted by molar-refractivity contribution is 0.415. The number of ether oxygens (including phenoxy) is 1. The van der Waals surface area contributed by atoms with Crippen LogP contribution in [0.15, 0.2) is 24.4 Å². The molecular formula is C10H10N2O. The zero-order valence-electron chi connectivity index (χ0n) is 7.61. The minimum absolute atomic E-state index is 0.851.